The van der Waals surface area contributed by atoms with E-state index in [0.29, 0.717) is 5.82 Å². The second kappa shape index (κ2) is 7.36. The molecule has 4 rings (SSSR count). The summed E-state index contributed by atoms with van der Waals surface area (Å²) < 4.78 is 6.79. The fourth-order valence-electron chi connectivity index (χ4n) is 3.08. The lowest BCUT2D eigenvalue weighted by Crippen LogP contribution is -2.24. The molecule has 1 N–H and O–H groups in total. The predicted molar refractivity (Wildman–Crippen MR) is 97.2 cm³/mol. The van der Waals surface area contributed by atoms with Crippen molar-refractivity contribution in [3.63, 3.8) is 0 Å². The Bertz CT molecular complexity index is 964. The molecule has 0 bridgehead atoms. The minimum absolute atomic E-state index is 0.128. The number of benzene rings is 1. The lowest BCUT2D eigenvalue weighted by atomic mass is 9.93. The number of hydrogen-bond donors (Lipinski definition) is 1. The van der Waals surface area contributed by atoms with Crippen LogP contribution in [0.5, 0.6) is 0 Å². The maximum Gasteiger partial charge on any atom is 0.389 e. The van der Waals surface area contributed by atoms with Crippen molar-refractivity contribution in [2.75, 3.05) is 5.43 Å². The molecule has 1 aliphatic rings. The van der Waals surface area contributed by atoms with E-state index in [9.17, 15) is 10.1 Å². The minimum atomic E-state index is -0.502. The van der Waals surface area contributed by atoms with Gasteiger partial charge in [-0.1, -0.05) is 41.9 Å². The van der Waals surface area contributed by atoms with Crippen molar-refractivity contribution in [2.24, 2.45) is 5.10 Å². The van der Waals surface area contributed by atoms with E-state index in [-0.39, 0.29) is 17.9 Å². The zero-order chi connectivity index (χ0) is 18.6. The topological polar surface area (TPSA) is 124 Å². The van der Waals surface area contributed by atoms with E-state index in [1.165, 1.54) is 6.07 Å². The van der Waals surface area contributed by atoms with Crippen molar-refractivity contribution in [1.82, 2.24) is 19.9 Å². The number of nitro groups is 1. The molecule has 1 unspecified atom stereocenters. The van der Waals surface area contributed by atoms with Gasteiger partial charge in [0.05, 0.1) is 23.1 Å². The van der Waals surface area contributed by atoms with E-state index in [0.717, 1.165) is 37.0 Å². The first-order chi connectivity index (χ1) is 13.2. The predicted octanol–water partition coefficient (Wildman–Crippen LogP) is 3.42. The summed E-state index contributed by atoms with van der Waals surface area (Å²) in [5, 5.41) is 23.3. The first-order valence-corrected chi connectivity index (χ1v) is 8.62. The van der Waals surface area contributed by atoms with Gasteiger partial charge in [-0.3, -0.25) is 0 Å². The summed E-state index contributed by atoms with van der Waals surface area (Å²) in [6.07, 6.45) is 5.21. The van der Waals surface area contributed by atoms with E-state index < -0.39 is 4.92 Å². The van der Waals surface area contributed by atoms with Crippen LogP contribution in [0.2, 0.25) is 0 Å². The summed E-state index contributed by atoms with van der Waals surface area (Å²) in [7, 11) is 0. The van der Waals surface area contributed by atoms with Crippen LogP contribution in [0, 0.1) is 10.1 Å². The van der Waals surface area contributed by atoms with Gasteiger partial charge in [0.1, 0.15) is 6.04 Å². The summed E-state index contributed by atoms with van der Waals surface area (Å²) in [5.41, 5.74) is 4.50. The first kappa shape index (κ1) is 16.9. The number of anilines is 1. The van der Waals surface area contributed by atoms with Crippen LogP contribution in [0.4, 0.5) is 11.8 Å². The molecule has 1 fully saturated rings. The zero-order valence-electron chi connectivity index (χ0n) is 14.4. The smallest absolute Gasteiger partial charge is 0.358 e. The molecule has 27 heavy (non-hydrogen) atoms. The molecular weight excluding hydrogens is 350 g/mol. The Morgan fingerprint density at radius 1 is 1.26 bits per heavy atom. The van der Waals surface area contributed by atoms with Crippen LogP contribution in [0.25, 0.3) is 11.4 Å². The Morgan fingerprint density at radius 2 is 2.11 bits per heavy atom. The monoisotopic (exact) mass is 367 g/mol. The van der Waals surface area contributed by atoms with Crippen LogP contribution in [-0.4, -0.2) is 30.6 Å². The average molecular weight is 367 g/mol. The molecule has 3 aromatic rings. The van der Waals surface area contributed by atoms with Crippen molar-refractivity contribution in [3.8, 4) is 11.4 Å². The van der Waals surface area contributed by atoms with Gasteiger partial charge < -0.3 is 14.6 Å². The van der Waals surface area contributed by atoms with Crippen LogP contribution < -0.4 is 5.43 Å². The van der Waals surface area contributed by atoms with E-state index in [1.807, 2.05) is 30.3 Å². The van der Waals surface area contributed by atoms with Crippen LogP contribution in [0.15, 0.2) is 52.2 Å². The molecule has 1 aliphatic carbocycles. The molecule has 2 aromatic heterocycles. The third-order valence-electron chi connectivity index (χ3n) is 4.40. The Morgan fingerprint density at radius 3 is 2.89 bits per heavy atom. The fraction of sp³-hybridized carbons (Fsp3) is 0.294. The highest BCUT2D eigenvalue weighted by Gasteiger charge is 2.27. The molecule has 1 atom stereocenters. The quantitative estimate of drug-likeness (QED) is 0.541. The fourth-order valence-corrected chi connectivity index (χ4v) is 3.08. The molecular formula is C17H17N7O3. The number of hydrazone groups is 1. The number of nitrogens with zero attached hydrogens (tertiary/aromatic N) is 6. The van der Waals surface area contributed by atoms with E-state index in [1.54, 1.807) is 10.9 Å². The van der Waals surface area contributed by atoms with Gasteiger partial charge in [0.2, 0.25) is 5.82 Å². The maximum atomic E-state index is 10.9. The third-order valence-corrected chi connectivity index (χ3v) is 4.40. The van der Waals surface area contributed by atoms with Gasteiger partial charge in [-0.05, 0) is 24.2 Å². The summed E-state index contributed by atoms with van der Waals surface area (Å²) in [6.45, 7) is 0. The zero-order valence-corrected chi connectivity index (χ0v) is 14.4. The Labute approximate surface area is 154 Å². The summed E-state index contributed by atoms with van der Waals surface area (Å²) >= 11 is 0. The van der Waals surface area contributed by atoms with E-state index in [4.69, 9.17) is 4.52 Å². The molecule has 0 amide bonds. The van der Waals surface area contributed by atoms with Gasteiger partial charge in [-0.25, -0.2) is 5.43 Å². The van der Waals surface area contributed by atoms with Gasteiger partial charge in [0.15, 0.2) is 0 Å². The molecule has 138 valence electrons. The van der Waals surface area contributed by atoms with E-state index >= 15 is 0 Å². The van der Waals surface area contributed by atoms with E-state index in [2.05, 4.69) is 25.8 Å². The van der Waals surface area contributed by atoms with Crippen molar-refractivity contribution < 1.29 is 9.45 Å². The van der Waals surface area contributed by atoms with Gasteiger partial charge in [0.25, 0.3) is 0 Å². The minimum Gasteiger partial charge on any atom is -0.358 e. The van der Waals surface area contributed by atoms with Crippen LogP contribution in [0.3, 0.4) is 0 Å². The molecule has 1 saturated carbocycles. The highest BCUT2D eigenvalue weighted by Crippen LogP contribution is 2.27. The largest absolute Gasteiger partial charge is 0.389 e. The van der Waals surface area contributed by atoms with Gasteiger partial charge in [-0.2, -0.15) is 14.8 Å². The highest BCUT2D eigenvalue weighted by atomic mass is 16.6. The first-order valence-electron chi connectivity index (χ1n) is 8.62. The second-order valence-corrected chi connectivity index (χ2v) is 6.18. The van der Waals surface area contributed by atoms with Crippen molar-refractivity contribution in [2.45, 2.75) is 31.7 Å². The van der Waals surface area contributed by atoms with Crippen LogP contribution >= 0.6 is 0 Å². The van der Waals surface area contributed by atoms with Crippen molar-refractivity contribution in [3.05, 3.63) is 52.7 Å². The second-order valence-electron chi connectivity index (χ2n) is 6.18. The van der Waals surface area contributed by atoms with Gasteiger partial charge in [-0.15, -0.1) is 0 Å². The third kappa shape index (κ3) is 3.68. The summed E-state index contributed by atoms with van der Waals surface area (Å²) in [5.74, 6) is 0.304. The van der Waals surface area contributed by atoms with Gasteiger partial charge in [0, 0.05) is 5.56 Å². The average Bonchev–Trinajstić information content (AvgIpc) is 3.37. The number of rotatable bonds is 5. The molecule has 10 nitrogen and oxygen atoms in total. The lowest BCUT2D eigenvalue weighted by molar-refractivity contribution is -0.389. The van der Waals surface area contributed by atoms with Gasteiger partial charge >= 0.3 is 11.8 Å². The molecule has 0 saturated heterocycles. The van der Waals surface area contributed by atoms with Crippen molar-refractivity contribution in [1.29, 1.82) is 0 Å². The Kier molecular flexibility index (Phi) is 4.60. The number of aromatic nitrogens is 4. The molecule has 0 aliphatic heterocycles. The number of hydrogen-bond acceptors (Lipinski definition) is 8. The Balaban J connectivity index is 1.51. The van der Waals surface area contributed by atoms with Crippen LogP contribution in [-0.2, 0) is 0 Å². The normalized spacial score (nSPS) is 18.5. The maximum absolute atomic E-state index is 10.9. The molecule has 1 aromatic carbocycles. The standard InChI is InChI=1S/C17H17N7O3/c25-24(26)15-10-11-23(21-15)14-9-5-4-8-13(14)19-20-17-18-16(22-27-17)12-6-2-1-3-7-12/h1-3,6-7,10-11,14H,4-5,8-9H2,(H,18,20,22)/b19-13+. The summed E-state index contributed by atoms with van der Waals surface area (Å²) in [6, 6.07) is 10.9. The molecule has 2 heterocycles. The SMILES string of the molecule is O=[N+]([O-])c1ccn(C2CCCC/C2=N\Nc2nc(-c3ccccc3)no2)n1. The molecule has 10 heteroatoms. The molecule has 0 radical (unpaired) electrons. The Hall–Kier alpha value is -3.56. The summed E-state index contributed by atoms with van der Waals surface area (Å²) in [4.78, 5) is 14.6. The van der Waals surface area contributed by atoms with Crippen LogP contribution in [0.1, 0.15) is 31.7 Å². The van der Waals surface area contributed by atoms with Crippen molar-refractivity contribution >= 4 is 17.5 Å². The molecule has 0 spiro atoms. The lowest BCUT2D eigenvalue weighted by Gasteiger charge is -2.21. The number of nitrogens with one attached hydrogen (secondary N) is 1. The highest BCUT2D eigenvalue weighted by molar-refractivity contribution is 5.89.